The summed E-state index contributed by atoms with van der Waals surface area (Å²) in [4.78, 5) is 26.5. The van der Waals surface area contributed by atoms with E-state index in [4.69, 9.17) is 32.7 Å². The number of hydrogen-bond donors (Lipinski definition) is 1. The number of nitrogens with one attached hydrogen (secondary N) is 1. The van der Waals surface area contributed by atoms with Crippen molar-refractivity contribution in [3.63, 3.8) is 0 Å². The topological polar surface area (TPSA) is 111 Å². The number of amides is 1. The summed E-state index contributed by atoms with van der Waals surface area (Å²) in [5, 5.41) is 15.0. The second kappa shape index (κ2) is 13.9. The molecule has 1 unspecified atom stereocenters. The van der Waals surface area contributed by atoms with Gasteiger partial charge in [0.2, 0.25) is 0 Å². The van der Waals surface area contributed by atoms with Crippen LogP contribution in [-0.4, -0.2) is 52.3 Å². The normalized spacial score (nSPS) is 12.1. The second-order valence-electron chi connectivity index (χ2n) is 9.38. The lowest BCUT2D eigenvalue weighted by molar-refractivity contribution is -0.387. The molecule has 0 aromatic heterocycles. The number of carbonyl (C=O) groups excluding carboxylic acids is 1. The molecule has 12 heteroatoms. The van der Waals surface area contributed by atoms with Crippen molar-refractivity contribution in [2.24, 2.45) is 0 Å². The third kappa shape index (κ3) is 7.72. The monoisotopic (exact) mass is 607 g/mol. The molecule has 0 saturated heterocycles. The van der Waals surface area contributed by atoms with Gasteiger partial charge >= 0.3 is 0 Å². The SMILES string of the molecule is COc1ccc(NC(=O)c2ccc(S(=O)c3ccc(Cl)cc3Cl)c([N+](=O)[O-])c2)cc1OCCN(C(C)C)C(C)C. The highest BCUT2D eigenvalue weighted by Crippen LogP contribution is 2.33. The summed E-state index contributed by atoms with van der Waals surface area (Å²) in [6, 6.07) is 13.7. The molecule has 40 heavy (non-hydrogen) atoms. The first-order valence-corrected chi connectivity index (χ1v) is 14.4. The zero-order valence-corrected chi connectivity index (χ0v) is 25.1. The number of nitro groups is 1. The number of anilines is 1. The summed E-state index contributed by atoms with van der Waals surface area (Å²) in [5.41, 5.74) is -0.0540. The van der Waals surface area contributed by atoms with Crippen LogP contribution in [0.15, 0.2) is 64.4 Å². The van der Waals surface area contributed by atoms with E-state index in [0.717, 1.165) is 6.07 Å². The van der Waals surface area contributed by atoms with Gasteiger partial charge in [0.15, 0.2) is 11.5 Å². The van der Waals surface area contributed by atoms with Gasteiger partial charge in [0.25, 0.3) is 11.6 Å². The Hall–Kier alpha value is -3.18. The molecule has 0 heterocycles. The largest absolute Gasteiger partial charge is 0.493 e. The molecule has 0 aliphatic heterocycles. The van der Waals surface area contributed by atoms with Gasteiger partial charge in [0, 0.05) is 47.0 Å². The van der Waals surface area contributed by atoms with Gasteiger partial charge in [-0.15, -0.1) is 0 Å². The van der Waals surface area contributed by atoms with Crippen LogP contribution in [0.4, 0.5) is 11.4 Å². The summed E-state index contributed by atoms with van der Waals surface area (Å²) in [6.07, 6.45) is 0. The molecule has 1 atom stereocenters. The van der Waals surface area contributed by atoms with Crippen molar-refractivity contribution in [1.82, 2.24) is 4.90 Å². The van der Waals surface area contributed by atoms with Crippen LogP contribution in [0.25, 0.3) is 0 Å². The predicted octanol–water partition coefficient (Wildman–Crippen LogP) is 6.83. The molecule has 214 valence electrons. The first-order chi connectivity index (χ1) is 18.9. The first-order valence-electron chi connectivity index (χ1n) is 12.5. The standard InChI is InChI=1S/C28H31Cl2N3O6S/c1-17(2)32(18(3)4)12-13-39-25-16-21(8-9-24(25)38-5)31-28(34)19-6-10-27(23(14-19)33(35)36)40(37)26-11-7-20(29)15-22(26)30/h6-11,14-18H,12-13H2,1-5H3,(H,31,34). The van der Waals surface area contributed by atoms with Crippen molar-refractivity contribution in [1.29, 1.82) is 0 Å². The van der Waals surface area contributed by atoms with Crippen LogP contribution >= 0.6 is 23.2 Å². The zero-order chi connectivity index (χ0) is 29.6. The number of hydrogen-bond acceptors (Lipinski definition) is 7. The van der Waals surface area contributed by atoms with E-state index in [1.54, 1.807) is 18.2 Å². The van der Waals surface area contributed by atoms with Gasteiger partial charge in [-0.3, -0.25) is 19.8 Å². The van der Waals surface area contributed by atoms with Gasteiger partial charge in [-0.2, -0.15) is 0 Å². The summed E-state index contributed by atoms with van der Waals surface area (Å²) < 4.78 is 24.5. The van der Waals surface area contributed by atoms with E-state index in [2.05, 4.69) is 37.9 Å². The molecule has 9 nitrogen and oxygen atoms in total. The van der Waals surface area contributed by atoms with Crippen LogP contribution in [0.2, 0.25) is 10.0 Å². The lowest BCUT2D eigenvalue weighted by atomic mass is 10.2. The van der Waals surface area contributed by atoms with E-state index < -0.39 is 27.3 Å². The number of rotatable bonds is 12. The maximum Gasteiger partial charge on any atom is 0.286 e. The maximum absolute atomic E-state index is 13.1. The minimum Gasteiger partial charge on any atom is -0.493 e. The summed E-state index contributed by atoms with van der Waals surface area (Å²) in [6.45, 7) is 9.60. The molecule has 1 N–H and O–H groups in total. The molecule has 0 fully saturated rings. The van der Waals surface area contributed by atoms with Crippen LogP contribution in [0.3, 0.4) is 0 Å². The lowest BCUT2D eigenvalue weighted by Crippen LogP contribution is -2.39. The van der Waals surface area contributed by atoms with E-state index in [-0.39, 0.29) is 20.4 Å². The van der Waals surface area contributed by atoms with Crippen LogP contribution in [0.1, 0.15) is 38.1 Å². The van der Waals surface area contributed by atoms with Crippen LogP contribution in [-0.2, 0) is 10.8 Å². The Morgan fingerprint density at radius 1 is 1.00 bits per heavy atom. The van der Waals surface area contributed by atoms with Crippen molar-refractivity contribution < 1.29 is 23.4 Å². The Bertz CT molecular complexity index is 1410. The van der Waals surface area contributed by atoms with Gasteiger partial charge in [-0.25, -0.2) is 4.21 Å². The number of nitrogens with zero attached hydrogens (tertiary/aromatic N) is 2. The fourth-order valence-corrected chi connectivity index (χ4v) is 5.94. The molecule has 0 aliphatic carbocycles. The van der Waals surface area contributed by atoms with Crippen molar-refractivity contribution in [2.75, 3.05) is 25.6 Å². The number of benzene rings is 3. The molecule has 3 aromatic carbocycles. The maximum atomic E-state index is 13.1. The average Bonchev–Trinajstić information content (AvgIpc) is 2.90. The molecule has 0 saturated carbocycles. The molecule has 0 radical (unpaired) electrons. The third-order valence-electron chi connectivity index (χ3n) is 6.07. The first kappa shape index (κ1) is 31.3. The molecular formula is C28H31Cl2N3O6S. The number of carbonyl (C=O) groups is 1. The lowest BCUT2D eigenvalue weighted by Gasteiger charge is -2.30. The van der Waals surface area contributed by atoms with Crippen molar-refractivity contribution in [3.05, 3.63) is 80.3 Å². The van der Waals surface area contributed by atoms with Gasteiger partial charge in [0.05, 0.1) is 32.8 Å². The molecule has 0 aliphatic rings. The van der Waals surface area contributed by atoms with E-state index in [1.165, 1.54) is 37.4 Å². The highest BCUT2D eigenvalue weighted by molar-refractivity contribution is 7.85. The number of halogens is 2. The van der Waals surface area contributed by atoms with E-state index in [1.807, 2.05) is 0 Å². The van der Waals surface area contributed by atoms with Gasteiger partial charge in [-0.05, 0) is 70.2 Å². The Morgan fingerprint density at radius 3 is 2.27 bits per heavy atom. The Balaban J connectivity index is 1.81. The Morgan fingerprint density at radius 2 is 1.68 bits per heavy atom. The molecule has 3 rings (SSSR count). The third-order valence-corrected chi connectivity index (χ3v) is 8.23. The fourth-order valence-electron chi connectivity index (χ4n) is 4.15. The van der Waals surface area contributed by atoms with Crippen molar-refractivity contribution in [2.45, 2.75) is 49.6 Å². The van der Waals surface area contributed by atoms with E-state index >= 15 is 0 Å². The molecular weight excluding hydrogens is 577 g/mol. The molecule has 1 amide bonds. The van der Waals surface area contributed by atoms with Crippen LogP contribution < -0.4 is 14.8 Å². The highest BCUT2D eigenvalue weighted by Gasteiger charge is 2.24. The molecule has 0 spiro atoms. The van der Waals surface area contributed by atoms with Crippen LogP contribution in [0, 0.1) is 10.1 Å². The Kier molecular flexibility index (Phi) is 10.9. The minimum absolute atomic E-state index is 0.0115. The van der Waals surface area contributed by atoms with Gasteiger partial charge in [-0.1, -0.05) is 23.2 Å². The van der Waals surface area contributed by atoms with Crippen LogP contribution in [0.5, 0.6) is 11.5 Å². The predicted molar refractivity (Wildman–Crippen MR) is 158 cm³/mol. The van der Waals surface area contributed by atoms with Gasteiger partial charge in [0.1, 0.15) is 11.5 Å². The number of ether oxygens (including phenoxy) is 2. The highest BCUT2D eigenvalue weighted by atomic mass is 35.5. The molecule has 0 bridgehead atoms. The van der Waals surface area contributed by atoms with Gasteiger partial charge < -0.3 is 14.8 Å². The smallest absolute Gasteiger partial charge is 0.286 e. The van der Waals surface area contributed by atoms with E-state index in [9.17, 15) is 19.1 Å². The van der Waals surface area contributed by atoms with Crippen molar-refractivity contribution >= 4 is 51.3 Å². The quantitative estimate of drug-likeness (QED) is 0.177. The Labute approximate surface area is 246 Å². The fraction of sp³-hybridized carbons (Fsp3) is 0.321. The second-order valence-corrected chi connectivity index (χ2v) is 11.6. The average molecular weight is 609 g/mol. The summed E-state index contributed by atoms with van der Waals surface area (Å²) >= 11 is 12.1. The molecule has 3 aromatic rings. The minimum atomic E-state index is -1.98. The number of methoxy groups -OCH3 is 1. The van der Waals surface area contributed by atoms with E-state index in [0.29, 0.717) is 47.4 Å². The summed E-state index contributed by atoms with van der Waals surface area (Å²) in [7, 11) is -0.451. The van der Waals surface area contributed by atoms with Crippen molar-refractivity contribution in [3.8, 4) is 11.5 Å². The zero-order valence-electron chi connectivity index (χ0n) is 22.8. The summed E-state index contributed by atoms with van der Waals surface area (Å²) in [5.74, 6) is 0.359. The number of nitro benzene ring substituents is 1.